The van der Waals surface area contributed by atoms with E-state index in [1.807, 2.05) is 0 Å². The molecule has 0 aromatic heterocycles. The van der Waals surface area contributed by atoms with E-state index in [9.17, 15) is 0 Å². The van der Waals surface area contributed by atoms with Crippen LogP contribution in [-0.2, 0) is 4.57 Å². The third-order valence-corrected chi connectivity index (χ3v) is 0. The standard InChI is InChI=1S/FH.H3O4P.Yb/c;1-5(2,3)4;/h1H;(H3,1,2,3,4);/q;;+3/p-3. The number of phosphoric acid groups is 1. The fraction of sp³-hybridized carbons (Fsp3) is 0. The SMILES string of the molecule is F.O=P([O-])([O-])[O-].[Yb+3]. The maximum absolute atomic E-state index is 8.55. The first-order chi connectivity index (χ1) is 2.00. The molecule has 0 aliphatic heterocycles. The van der Waals surface area contributed by atoms with Crippen molar-refractivity contribution in [3.05, 3.63) is 0 Å². The molecule has 1 radical (unpaired) electrons. The number of hydrogen-bond donors (Lipinski definition) is 0. The first-order valence-electron chi connectivity index (χ1n) is 0.730. The molecule has 0 saturated heterocycles. The summed E-state index contributed by atoms with van der Waals surface area (Å²) in [5.74, 6) is 0. The Morgan fingerprint density at radius 3 is 1.14 bits per heavy atom. The molecule has 0 aromatic carbocycles. The van der Waals surface area contributed by atoms with Gasteiger partial charge in [-0.15, -0.1) is 0 Å². The van der Waals surface area contributed by atoms with Crippen molar-refractivity contribution in [1.29, 1.82) is 0 Å². The molecule has 4 nitrogen and oxygen atoms in total. The zero-order valence-corrected chi connectivity index (χ0v) is 5.36. The first kappa shape index (κ1) is 15.8. The molecule has 7 heteroatoms. The van der Waals surface area contributed by atoms with Gasteiger partial charge in [0.05, 0.1) is 0 Å². The molecule has 0 aromatic rings. The van der Waals surface area contributed by atoms with Crippen LogP contribution in [0, 0.1) is 46.9 Å². The molecule has 0 aliphatic carbocycles. The maximum Gasteiger partial charge on any atom is 3.00 e. The Morgan fingerprint density at radius 1 is 1.14 bits per heavy atom. The van der Waals surface area contributed by atoms with Crippen LogP contribution >= 0.6 is 7.82 Å². The van der Waals surface area contributed by atoms with Gasteiger partial charge in [-0.05, 0) is 0 Å². The Kier molecular flexibility index (Phi) is 12.9. The molecule has 7 heavy (non-hydrogen) atoms. The summed E-state index contributed by atoms with van der Waals surface area (Å²) in [5.41, 5.74) is 0. The van der Waals surface area contributed by atoms with E-state index in [2.05, 4.69) is 0 Å². The summed E-state index contributed by atoms with van der Waals surface area (Å²) in [6.45, 7) is 0. The number of rotatable bonds is 0. The maximum atomic E-state index is 8.55. The van der Waals surface area contributed by atoms with Crippen LogP contribution in [0.2, 0.25) is 0 Å². The van der Waals surface area contributed by atoms with Crippen LogP contribution < -0.4 is 14.7 Å². The second-order valence-corrected chi connectivity index (χ2v) is 1.34. The van der Waals surface area contributed by atoms with E-state index in [-0.39, 0.29) is 51.6 Å². The molecule has 0 amide bonds. The summed E-state index contributed by atoms with van der Waals surface area (Å²) in [5, 5.41) is 0. The molecular formula is HFO4PYb. The van der Waals surface area contributed by atoms with E-state index in [4.69, 9.17) is 19.2 Å². The minimum atomic E-state index is -5.39. The zero-order chi connectivity index (χ0) is 4.50. The molecule has 51 valence electrons. The topological polar surface area (TPSA) is 86.2 Å². The van der Waals surface area contributed by atoms with Crippen LogP contribution in [0.5, 0.6) is 0 Å². The van der Waals surface area contributed by atoms with Gasteiger partial charge in [0.25, 0.3) is 0 Å². The van der Waals surface area contributed by atoms with E-state index in [0.29, 0.717) is 0 Å². The second kappa shape index (κ2) is 5.69. The van der Waals surface area contributed by atoms with Gasteiger partial charge in [-0.25, -0.2) is 0 Å². The second-order valence-electron chi connectivity index (χ2n) is 0.447. The van der Waals surface area contributed by atoms with Crippen molar-refractivity contribution in [2.75, 3.05) is 0 Å². The van der Waals surface area contributed by atoms with Crippen LogP contribution in [0.3, 0.4) is 0 Å². The van der Waals surface area contributed by atoms with Crippen molar-refractivity contribution in [3.8, 4) is 0 Å². The molecule has 0 atom stereocenters. The minimum absolute atomic E-state index is 0. The third kappa shape index (κ3) is 96.1. The summed E-state index contributed by atoms with van der Waals surface area (Å²) in [4.78, 5) is 25.6. The fourth-order valence-electron chi connectivity index (χ4n) is 0. The quantitative estimate of drug-likeness (QED) is 0.455. The van der Waals surface area contributed by atoms with Crippen LogP contribution in [-0.4, -0.2) is 0 Å². The van der Waals surface area contributed by atoms with Crippen LogP contribution in [0.1, 0.15) is 0 Å². The van der Waals surface area contributed by atoms with Gasteiger partial charge in [-0.3, -0.25) is 4.70 Å². The van der Waals surface area contributed by atoms with E-state index >= 15 is 0 Å². The van der Waals surface area contributed by atoms with Crippen LogP contribution in [0.4, 0.5) is 4.70 Å². The summed E-state index contributed by atoms with van der Waals surface area (Å²) < 4.78 is 8.55. The van der Waals surface area contributed by atoms with E-state index in [1.54, 1.807) is 0 Å². The monoisotopic (exact) mass is 289 g/mol. The number of hydrogen-bond acceptors (Lipinski definition) is 4. The van der Waals surface area contributed by atoms with E-state index in [1.165, 1.54) is 0 Å². The summed E-state index contributed by atoms with van der Waals surface area (Å²) in [6.07, 6.45) is 0. The Balaban J connectivity index is -0.0000000800. The molecule has 0 saturated carbocycles. The average molecular weight is 288 g/mol. The predicted octanol–water partition coefficient (Wildman–Crippen LogP) is -2.67. The molecular weight excluding hydrogens is 287 g/mol. The molecule has 0 bridgehead atoms. The Hall–Kier alpha value is 1.56. The van der Waals surface area contributed by atoms with Gasteiger partial charge in [-0.1, -0.05) is 0 Å². The van der Waals surface area contributed by atoms with Crippen LogP contribution in [0.25, 0.3) is 0 Å². The molecule has 0 heterocycles. The van der Waals surface area contributed by atoms with Gasteiger partial charge >= 0.3 is 46.9 Å². The van der Waals surface area contributed by atoms with E-state index in [0.717, 1.165) is 0 Å². The van der Waals surface area contributed by atoms with Gasteiger partial charge in [-0.2, -0.15) is 7.82 Å². The largest absolute Gasteiger partial charge is 3.00 e. The van der Waals surface area contributed by atoms with Gasteiger partial charge in [0.15, 0.2) is 0 Å². The van der Waals surface area contributed by atoms with Crippen molar-refractivity contribution in [2.45, 2.75) is 0 Å². The number of halogens is 1. The summed E-state index contributed by atoms with van der Waals surface area (Å²) in [7, 11) is -5.39. The normalized spacial score (nSPS) is 8.43. The summed E-state index contributed by atoms with van der Waals surface area (Å²) in [6, 6.07) is 0. The van der Waals surface area contributed by atoms with Crippen molar-refractivity contribution in [2.24, 2.45) is 0 Å². The fourth-order valence-corrected chi connectivity index (χ4v) is 0. The Bertz CT molecular complexity index is 57.8. The Labute approximate surface area is 77.8 Å². The molecule has 0 N–H and O–H groups in total. The zero-order valence-electron chi connectivity index (χ0n) is 2.76. The van der Waals surface area contributed by atoms with Crippen LogP contribution in [0.15, 0.2) is 0 Å². The van der Waals surface area contributed by atoms with Gasteiger partial charge < -0.3 is 19.2 Å². The van der Waals surface area contributed by atoms with Crippen molar-refractivity contribution < 1.29 is 70.9 Å². The van der Waals surface area contributed by atoms with Gasteiger partial charge in [0.2, 0.25) is 0 Å². The first-order valence-corrected chi connectivity index (χ1v) is 2.19. The molecule has 0 unspecified atom stereocenters. The molecule has 0 rings (SSSR count). The minimum Gasteiger partial charge on any atom is -0.822 e. The van der Waals surface area contributed by atoms with Crippen molar-refractivity contribution in [3.63, 3.8) is 0 Å². The summed E-state index contributed by atoms with van der Waals surface area (Å²) >= 11 is 0. The van der Waals surface area contributed by atoms with Gasteiger partial charge in [0, 0.05) is 0 Å². The van der Waals surface area contributed by atoms with Crippen molar-refractivity contribution in [1.82, 2.24) is 0 Å². The molecule has 0 spiro atoms. The molecule has 0 aliphatic rings. The predicted molar refractivity (Wildman–Crippen MR) is 10.1 cm³/mol. The Morgan fingerprint density at radius 2 is 1.14 bits per heavy atom. The van der Waals surface area contributed by atoms with Crippen molar-refractivity contribution >= 4 is 7.82 Å². The van der Waals surface area contributed by atoms with E-state index < -0.39 is 7.82 Å². The smallest absolute Gasteiger partial charge is 0.822 e. The van der Waals surface area contributed by atoms with Gasteiger partial charge in [0.1, 0.15) is 0 Å². The third-order valence-electron chi connectivity index (χ3n) is 0. The molecule has 0 fully saturated rings. The average Bonchev–Trinajstić information content (AvgIpc) is 0.722.